The predicted octanol–water partition coefficient (Wildman–Crippen LogP) is 1.29. The van der Waals surface area contributed by atoms with Crippen molar-refractivity contribution in [1.82, 2.24) is 4.98 Å². The van der Waals surface area contributed by atoms with Gasteiger partial charge < -0.3 is 4.98 Å². The molecule has 80 valence electrons. The minimum Gasteiger partial charge on any atom is -0.361 e. The fraction of sp³-hybridized carbons (Fsp3) is 0. The maximum atomic E-state index is 11.6. The summed E-state index contributed by atoms with van der Waals surface area (Å²) in [4.78, 5) is 14.7. The largest absolute Gasteiger partial charge is 0.361 e. The van der Waals surface area contributed by atoms with Crippen molar-refractivity contribution in [1.29, 1.82) is 0 Å². The summed E-state index contributed by atoms with van der Waals surface area (Å²) in [6.07, 6.45) is 3.08. The molecule has 1 aliphatic heterocycles. The first kappa shape index (κ1) is 9.35. The molecule has 2 aromatic rings. The molecule has 4 nitrogen and oxygen atoms in total. The number of H-pyrrole nitrogens is 1. The zero-order valence-electron chi connectivity index (χ0n) is 8.10. The van der Waals surface area contributed by atoms with Crippen LogP contribution in [0.5, 0.6) is 0 Å². The van der Waals surface area contributed by atoms with Gasteiger partial charge in [-0.3, -0.25) is 4.79 Å². The predicted molar refractivity (Wildman–Crippen MR) is 60.8 cm³/mol. The van der Waals surface area contributed by atoms with E-state index < -0.39 is 9.84 Å². The molecule has 0 fully saturated rings. The SMILES string of the molecule is O=c1cc[nH]c2cc3c(cc12)S(=O)(=O)C=C3. The lowest BCUT2D eigenvalue weighted by Gasteiger charge is -2.01. The average Bonchev–Trinajstić information content (AvgIpc) is 2.53. The van der Waals surface area contributed by atoms with E-state index in [0.717, 1.165) is 5.41 Å². The molecule has 16 heavy (non-hydrogen) atoms. The molecule has 0 aliphatic carbocycles. The fourth-order valence-electron chi connectivity index (χ4n) is 1.83. The van der Waals surface area contributed by atoms with Gasteiger partial charge in [0.2, 0.25) is 0 Å². The smallest absolute Gasteiger partial charge is 0.200 e. The molecule has 1 N–H and O–H groups in total. The fourth-order valence-corrected chi connectivity index (χ4v) is 3.04. The topological polar surface area (TPSA) is 67.0 Å². The lowest BCUT2D eigenvalue weighted by atomic mass is 10.1. The number of hydrogen-bond acceptors (Lipinski definition) is 3. The van der Waals surface area contributed by atoms with Gasteiger partial charge in [-0.2, -0.15) is 0 Å². The van der Waals surface area contributed by atoms with Crippen LogP contribution in [0.15, 0.2) is 39.5 Å². The summed E-state index contributed by atoms with van der Waals surface area (Å²) < 4.78 is 23.2. The number of fused-ring (bicyclic) bond motifs is 2. The van der Waals surface area contributed by atoms with Gasteiger partial charge in [0.15, 0.2) is 15.3 Å². The molecule has 0 spiro atoms. The van der Waals surface area contributed by atoms with Crippen LogP contribution in [0, 0.1) is 0 Å². The Bertz CT molecular complexity index is 784. The van der Waals surface area contributed by atoms with Crippen molar-refractivity contribution in [2.45, 2.75) is 4.90 Å². The van der Waals surface area contributed by atoms with Gasteiger partial charge in [-0.05, 0) is 23.8 Å². The average molecular weight is 233 g/mol. The van der Waals surface area contributed by atoms with Gasteiger partial charge in [-0.1, -0.05) is 0 Å². The summed E-state index contributed by atoms with van der Waals surface area (Å²) in [5.41, 5.74) is 1.08. The molecule has 1 aliphatic rings. The Kier molecular flexibility index (Phi) is 1.65. The highest BCUT2D eigenvalue weighted by atomic mass is 32.2. The Hall–Kier alpha value is -1.88. The zero-order chi connectivity index (χ0) is 11.3. The molecule has 0 bridgehead atoms. The number of sulfone groups is 1. The minimum absolute atomic E-state index is 0.182. The molecule has 1 aromatic heterocycles. The maximum absolute atomic E-state index is 11.6. The van der Waals surface area contributed by atoms with Gasteiger partial charge in [0.1, 0.15) is 0 Å². The monoisotopic (exact) mass is 233 g/mol. The van der Waals surface area contributed by atoms with Crippen molar-refractivity contribution < 1.29 is 8.42 Å². The first-order chi connectivity index (χ1) is 7.58. The van der Waals surface area contributed by atoms with E-state index in [1.807, 2.05) is 0 Å². The molecule has 5 heteroatoms. The molecule has 1 aromatic carbocycles. The minimum atomic E-state index is -3.35. The van der Waals surface area contributed by atoms with E-state index >= 15 is 0 Å². The van der Waals surface area contributed by atoms with Crippen molar-refractivity contribution in [2.24, 2.45) is 0 Å². The van der Waals surface area contributed by atoms with Gasteiger partial charge in [-0.15, -0.1) is 0 Å². The normalized spacial score (nSPS) is 16.5. The Morgan fingerprint density at radius 2 is 2.00 bits per heavy atom. The summed E-state index contributed by atoms with van der Waals surface area (Å²) in [6, 6.07) is 4.48. The van der Waals surface area contributed by atoms with Crippen molar-refractivity contribution in [3.05, 3.63) is 45.6 Å². The number of aromatic amines is 1. The van der Waals surface area contributed by atoms with E-state index in [0.29, 0.717) is 16.5 Å². The van der Waals surface area contributed by atoms with Crippen molar-refractivity contribution >= 4 is 26.8 Å². The van der Waals surface area contributed by atoms with Gasteiger partial charge in [0.25, 0.3) is 0 Å². The lowest BCUT2D eigenvalue weighted by Crippen LogP contribution is -2.02. The molecule has 0 radical (unpaired) electrons. The Labute approximate surface area is 91.2 Å². The van der Waals surface area contributed by atoms with E-state index in [1.165, 1.54) is 18.2 Å². The lowest BCUT2D eigenvalue weighted by molar-refractivity contribution is 0.605. The standard InChI is InChI=1S/C11H7NO3S/c13-10-1-3-12-9-5-7-2-4-16(14,15)11(7)6-8(9)10/h1-6H,(H,12,13). The van der Waals surface area contributed by atoms with E-state index in [9.17, 15) is 13.2 Å². The highest BCUT2D eigenvalue weighted by Gasteiger charge is 2.21. The summed E-state index contributed by atoms with van der Waals surface area (Å²) in [6.45, 7) is 0. The second-order valence-corrected chi connectivity index (χ2v) is 5.43. The van der Waals surface area contributed by atoms with Crippen LogP contribution in [0.4, 0.5) is 0 Å². The second kappa shape index (κ2) is 2.82. The van der Waals surface area contributed by atoms with Crippen molar-refractivity contribution in [3.8, 4) is 0 Å². The molecule has 0 unspecified atom stereocenters. The van der Waals surface area contributed by atoms with Crippen LogP contribution in [0.3, 0.4) is 0 Å². The van der Waals surface area contributed by atoms with Gasteiger partial charge in [0.05, 0.1) is 4.90 Å². The van der Waals surface area contributed by atoms with Crippen LogP contribution in [0.25, 0.3) is 17.0 Å². The van der Waals surface area contributed by atoms with E-state index in [-0.39, 0.29) is 10.3 Å². The van der Waals surface area contributed by atoms with E-state index in [1.54, 1.807) is 12.3 Å². The van der Waals surface area contributed by atoms with Crippen molar-refractivity contribution in [3.63, 3.8) is 0 Å². The molecular weight excluding hydrogens is 226 g/mol. The number of nitrogens with one attached hydrogen (secondary N) is 1. The summed E-state index contributed by atoms with van der Waals surface area (Å²) >= 11 is 0. The Balaban J connectivity index is 2.54. The van der Waals surface area contributed by atoms with Crippen LogP contribution < -0.4 is 5.43 Å². The quantitative estimate of drug-likeness (QED) is 0.745. The molecule has 0 saturated heterocycles. The van der Waals surface area contributed by atoms with Crippen LogP contribution in [0.2, 0.25) is 0 Å². The van der Waals surface area contributed by atoms with Crippen LogP contribution in [-0.4, -0.2) is 13.4 Å². The highest BCUT2D eigenvalue weighted by Crippen LogP contribution is 2.29. The van der Waals surface area contributed by atoms with Crippen LogP contribution >= 0.6 is 0 Å². The molecule has 0 amide bonds. The van der Waals surface area contributed by atoms with Crippen molar-refractivity contribution in [2.75, 3.05) is 0 Å². The van der Waals surface area contributed by atoms with E-state index in [4.69, 9.17) is 0 Å². The third-order valence-corrected chi connectivity index (χ3v) is 4.08. The number of aromatic nitrogens is 1. The number of pyridine rings is 1. The van der Waals surface area contributed by atoms with Gasteiger partial charge in [-0.25, -0.2) is 8.42 Å². The third kappa shape index (κ3) is 1.15. The van der Waals surface area contributed by atoms with Gasteiger partial charge in [0, 0.05) is 28.6 Å². The molecule has 2 heterocycles. The van der Waals surface area contributed by atoms with E-state index in [2.05, 4.69) is 4.98 Å². The molecular formula is C11H7NO3S. The number of hydrogen-bond donors (Lipinski definition) is 1. The maximum Gasteiger partial charge on any atom is 0.200 e. The third-order valence-electron chi connectivity index (χ3n) is 2.62. The summed E-state index contributed by atoms with van der Waals surface area (Å²) in [5.74, 6) is 0. The Morgan fingerprint density at radius 1 is 1.19 bits per heavy atom. The first-order valence-electron chi connectivity index (χ1n) is 4.66. The van der Waals surface area contributed by atoms with Crippen LogP contribution in [-0.2, 0) is 9.84 Å². The second-order valence-electron chi connectivity index (χ2n) is 3.63. The summed E-state index contributed by atoms with van der Waals surface area (Å²) in [7, 11) is -3.35. The highest BCUT2D eigenvalue weighted by molar-refractivity contribution is 7.94. The van der Waals surface area contributed by atoms with Gasteiger partial charge >= 0.3 is 0 Å². The number of benzene rings is 1. The molecule has 0 saturated carbocycles. The molecule has 3 rings (SSSR count). The zero-order valence-corrected chi connectivity index (χ0v) is 8.91. The summed E-state index contributed by atoms with van der Waals surface area (Å²) in [5, 5.41) is 1.55. The molecule has 0 atom stereocenters. The Morgan fingerprint density at radius 3 is 2.81 bits per heavy atom. The van der Waals surface area contributed by atoms with Crippen LogP contribution in [0.1, 0.15) is 5.56 Å². The number of rotatable bonds is 0. The first-order valence-corrected chi connectivity index (χ1v) is 6.21.